The zero-order valence-corrected chi connectivity index (χ0v) is 19.6. The number of halogens is 3. The average molecular weight is 533 g/mol. The van der Waals surface area contributed by atoms with Crippen LogP contribution in [0.15, 0.2) is 36.3 Å². The largest absolute Gasteiger partial charge is 0.586 e. The van der Waals surface area contributed by atoms with Gasteiger partial charge in [0.05, 0.1) is 42.5 Å². The Kier molecular flexibility index (Phi) is 3.12. The number of fused-ring (bicyclic) bond motifs is 2. The molecule has 2 aromatic carbocycles. The van der Waals surface area contributed by atoms with Crippen molar-refractivity contribution in [2.24, 2.45) is 0 Å². The molecule has 0 spiro atoms. The molecule has 6 nitrogen and oxygen atoms in total. The number of hydrogen-bond donors (Lipinski definition) is 2. The molecule has 0 amide bonds. The SMILES string of the molecule is [2H]c1c([2H])c(C2(C(=O)Cc3c(F)c([2H])c4c(c3[2H])c([2H])c(C(C)(C)C([2H])([2H])C)n4C[C@]([2H])(O)C([2H])([2H])O)C([2H])([2H])C2([2H])[2H])c([2H])c2c1OC(F)(F)O2. The van der Waals surface area contributed by atoms with Crippen molar-refractivity contribution in [1.82, 2.24) is 4.57 Å². The summed E-state index contributed by atoms with van der Waals surface area (Å²) in [4.78, 5) is 14.2. The highest BCUT2D eigenvalue weighted by Gasteiger charge is 2.52. The number of carbonyl (C=O) groups is 1. The number of ketones is 1. The van der Waals surface area contributed by atoms with E-state index in [0.29, 0.717) is 4.57 Å². The van der Waals surface area contributed by atoms with Crippen LogP contribution in [-0.4, -0.2) is 39.5 Å². The summed E-state index contributed by atoms with van der Waals surface area (Å²) >= 11 is 0. The summed E-state index contributed by atoms with van der Waals surface area (Å²) in [6.07, 6.45) is -18.4. The smallest absolute Gasteiger partial charge is 0.395 e. The van der Waals surface area contributed by atoms with Gasteiger partial charge in [-0.15, -0.1) is 8.78 Å². The van der Waals surface area contributed by atoms with Crippen LogP contribution in [0, 0.1) is 5.82 Å². The number of aliphatic hydroxyl groups is 2. The molecule has 0 unspecified atom stereocenters. The van der Waals surface area contributed by atoms with Gasteiger partial charge in [-0.3, -0.25) is 4.79 Å². The number of hydrogen-bond acceptors (Lipinski definition) is 5. The van der Waals surface area contributed by atoms with Crippen LogP contribution < -0.4 is 9.47 Å². The van der Waals surface area contributed by atoms with Crippen LogP contribution in [0.2, 0.25) is 0 Å². The molecule has 3 aromatic rings. The minimum Gasteiger partial charge on any atom is -0.395 e. The normalized spacial score (nSPS) is 28.5. The number of nitrogens with zero attached hydrogens (tertiary/aromatic N) is 1. The fourth-order valence-electron chi connectivity index (χ4n) is 3.90. The number of ether oxygens (including phenoxy) is 2. The van der Waals surface area contributed by atoms with Gasteiger partial charge in [-0.1, -0.05) is 26.8 Å². The first kappa shape index (κ1) is 13.2. The quantitative estimate of drug-likeness (QED) is 0.406. The van der Waals surface area contributed by atoms with Crippen LogP contribution in [0.1, 0.15) is 77.3 Å². The molecule has 0 radical (unpaired) electrons. The van der Waals surface area contributed by atoms with Crippen molar-refractivity contribution in [2.45, 2.75) is 76.1 Å². The van der Waals surface area contributed by atoms with Gasteiger partial charge in [0.1, 0.15) is 11.6 Å². The van der Waals surface area contributed by atoms with Gasteiger partial charge >= 0.3 is 6.29 Å². The highest BCUT2D eigenvalue weighted by molar-refractivity contribution is 5.95. The van der Waals surface area contributed by atoms with Crippen molar-refractivity contribution in [3.63, 3.8) is 0 Å². The van der Waals surface area contributed by atoms with Crippen LogP contribution in [0.5, 0.6) is 11.5 Å². The molecule has 0 saturated heterocycles. The van der Waals surface area contributed by atoms with E-state index >= 15 is 4.39 Å². The van der Waals surface area contributed by atoms with Gasteiger partial charge in [0, 0.05) is 31.1 Å². The van der Waals surface area contributed by atoms with E-state index in [4.69, 9.17) is 20.6 Å². The molecule has 1 aliphatic carbocycles. The van der Waals surface area contributed by atoms with Gasteiger partial charge in [-0.2, -0.15) is 0 Å². The third-order valence-corrected chi connectivity index (χ3v) is 6.14. The van der Waals surface area contributed by atoms with Crippen molar-refractivity contribution < 1.29 is 58.2 Å². The van der Waals surface area contributed by atoms with Crippen molar-refractivity contribution in [3.05, 3.63) is 58.9 Å². The summed E-state index contributed by atoms with van der Waals surface area (Å²) in [5.74, 6) is -5.73. The molecule has 0 bridgehead atoms. The molecular weight excluding hydrogens is 487 g/mol. The van der Waals surface area contributed by atoms with Crippen LogP contribution in [0.4, 0.5) is 13.2 Å². The Morgan fingerprint density at radius 2 is 1.97 bits per heavy atom. The molecule has 1 fully saturated rings. The van der Waals surface area contributed by atoms with Gasteiger partial charge < -0.3 is 24.3 Å². The highest BCUT2D eigenvalue weighted by Crippen LogP contribution is 2.52. The third kappa shape index (κ3) is 4.48. The summed E-state index contributed by atoms with van der Waals surface area (Å²) in [5, 5.41) is 19.7. The maximum Gasteiger partial charge on any atom is 0.586 e. The Bertz CT molecular complexity index is 2060. The number of Topliss-reactive ketones (excluding diaryl/α,β-unsaturated/α-hetero) is 1. The van der Waals surface area contributed by atoms with E-state index in [-0.39, 0.29) is 0 Å². The maximum absolute atomic E-state index is 16.3. The molecule has 1 aromatic heterocycles. The number of rotatable bonds is 9. The number of alkyl halides is 2. The van der Waals surface area contributed by atoms with Crippen molar-refractivity contribution in [1.29, 1.82) is 0 Å². The molecule has 2 aliphatic rings. The lowest BCUT2D eigenvalue weighted by molar-refractivity contribution is -0.286. The predicted octanol–water partition coefficient (Wildman–Crippen LogP) is 4.99. The number of carbonyl (C=O) groups excluding carboxylic acids is 1. The summed E-state index contributed by atoms with van der Waals surface area (Å²) in [5.41, 5.74) is -8.69. The van der Waals surface area contributed by atoms with Gasteiger partial charge in [-0.05, 0) is 60.5 Å². The van der Waals surface area contributed by atoms with Crippen molar-refractivity contribution >= 4 is 16.7 Å². The second-order valence-corrected chi connectivity index (χ2v) is 8.94. The topological polar surface area (TPSA) is 80.9 Å². The lowest BCUT2D eigenvalue weighted by atomic mass is 9.86. The molecule has 198 valence electrons. The van der Waals surface area contributed by atoms with E-state index in [1.54, 1.807) is 0 Å². The van der Waals surface area contributed by atoms with Gasteiger partial charge in [-0.25, -0.2) is 4.39 Å². The zero-order chi connectivity index (χ0) is 40.1. The Balaban J connectivity index is 1.79. The Morgan fingerprint density at radius 1 is 1.27 bits per heavy atom. The standard InChI is InChI=1S/C28H30F3NO5/c1-4-26(2,3)24-10-17-9-16(20(29)13-21(17)32(24)14-19(34)15-33)11-25(35)27(7-8-27)18-5-6-22-23(12-18)37-28(30,31)36-22/h5-6,9-10,12-13,19,33-34H,4,7-8,11,14-15H2,1-3H3/t19-/m0/s1/i4D2,5D,6D,7D2,8D2,9D,10D,12D,13D,15D2,19D. The van der Waals surface area contributed by atoms with Crippen LogP contribution in [0.3, 0.4) is 0 Å². The molecular formula is C28H30F3NO5. The molecule has 2 N–H and O–H groups in total. The molecule has 1 aliphatic heterocycles. The van der Waals surface area contributed by atoms with E-state index in [1.807, 2.05) is 0 Å². The van der Waals surface area contributed by atoms with Crippen LogP contribution >= 0.6 is 0 Å². The average Bonchev–Trinajstić information content (AvgIpc) is 3.25. The fourth-order valence-corrected chi connectivity index (χ4v) is 3.90. The minimum absolute atomic E-state index is 0.501. The Morgan fingerprint density at radius 3 is 2.62 bits per heavy atom. The van der Waals surface area contributed by atoms with Crippen molar-refractivity contribution in [2.75, 3.05) is 6.56 Å². The third-order valence-electron chi connectivity index (χ3n) is 6.14. The Labute approximate surface area is 233 Å². The number of aromatic nitrogens is 1. The zero-order valence-electron chi connectivity index (χ0n) is 34.6. The first-order valence-electron chi connectivity index (χ1n) is 18.4. The summed E-state index contributed by atoms with van der Waals surface area (Å²) < 4.78 is 178. The van der Waals surface area contributed by atoms with Gasteiger partial charge in [0.15, 0.2) is 11.5 Å². The van der Waals surface area contributed by atoms with Gasteiger partial charge in [0.25, 0.3) is 0 Å². The molecule has 1 saturated carbocycles. The van der Waals surface area contributed by atoms with Crippen molar-refractivity contribution in [3.8, 4) is 11.5 Å². The monoisotopic (exact) mass is 532 g/mol. The highest BCUT2D eigenvalue weighted by atomic mass is 19.3. The van der Waals surface area contributed by atoms with E-state index in [1.165, 1.54) is 13.8 Å². The van der Waals surface area contributed by atoms with Crippen LogP contribution in [-0.2, 0) is 28.6 Å². The second kappa shape index (κ2) is 8.77. The second-order valence-electron chi connectivity index (χ2n) is 8.94. The first-order chi connectivity index (χ1) is 23.2. The minimum atomic E-state index is -4.45. The summed E-state index contributed by atoms with van der Waals surface area (Å²) in [6, 6.07) is -6.95. The fraction of sp³-hybridized carbons (Fsp3) is 0.464. The molecule has 5 rings (SSSR count). The molecule has 37 heavy (non-hydrogen) atoms. The van der Waals surface area contributed by atoms with E-state index in [9.17, 15) is 23.8 Å². The maximum atomic E-state index is 16.3. The Hall–Kier alpha value is -3.04. The van der Waals surface area contributed by atoms with Gasteiger partial charge in [0.2, 0.25) is 0 Å². The lowest BCUT2D eigenvalue weighted by Gasteiger charge is -2.26. The molecule has 9 heteroatoms. The number of benzene rings is 2. The summed E-state index contributed by atoms with van der Waals surface area (Å²) in [7, 11) is 0. The summed E-state index contributed by atoms with van der Waals surface area (Å²) in [6.45, 7) is -1.48. The molecule has 1 atom stereocenters. The predicted molar refractivity (Wildman–Crippen MR) is 131 cm³/mol. The molecule has 2 heterocycles. The van der Waals surface area contributed by atoms with E-state index in [0.717, 1.165) is 6.92 Å². The first-order valence-corrected chi connectivity index (χ1v) is 10.9. The van der Waals surface area contributed by atoms with Crippen LogP contribution in [0.25, 0.3) is 10.9 Å². The van der Waals surface area contributed by atoms with E-state index in [2.05, 4.69) is 9.47 Å². The lowest BCUT2D eigenvalue weighted by Crippen LogP contribution is -2.26. The van der Waals surface area contributed by atoms with E-state index < -0.39 is 149 Å².